The molecule has 0 saturated heterocycles. The Bertz CT molecular complexity index is 1040. The monoisotopic (exact) mass is 363 g/mol. The Morgan fingerprint density at radius 1 is 1.33 bits per heavy atom. The van der Waals surface area contributed by atoms with Crippen LogP contribution in [-0.4, -0.2) is 26.3 Å². The molecule has 2 heterocycles. The van der Waals surface area contributed by atoms with Crippen LogP contribution in [0.5, 0.6) is 0 Å². The lowest BCUT2D eigenvalue weighted by Gasteiger charge is -2.19. The molecule has 7 heteroatoms. The van der Waals surface area contributed by atoms with E-state index in [2.05, 4.69) is 26.6 Å². The zero-order valence-electron chi connectivity index (χ0n) is 15.7. The van der Waals surface area contributed by atoms with Crippen molar-refractivity contribution in [2.45, 2.75) is 33.3 Å². The minimum absolute atomic E-state index is 0.523. The minimum Gasteiger partial charge on any atom is -0.444 e. The standard InChI is InChI=1S/C20H21N5O2/c1-6-14-8-7-9-15(10-14)23-18-17-13(2)16(11-25(17)22-12-21-18)24-19(26)27-20(3,4)5/h1,7-12H,2-5H3,(H,24,26)(H,21,22,23). The summed E-state index contributed by atoms with van der Waals surface area (Å²) >= 11 is 0. The second-order valence-corrected chi connectivity index (χ2v) is 7.05. The van der Waals surface area contributed by atoms with Gasteiger partial charge in [-0.05, 0) is 45.9 Å². The predicted octanol–water partition coefficient (Wildman–Crippen LogP) is 4.11. The van der Waals surface area contributed by atoms with E-state index in [4.69, 9.17) is 11.2 Å². The molecule has 2 N–H and O–H groups in total. The third kappa shape index (κ3) is 4.18. The molecular formula is C20H21N5O2. The van der Waals surface area contributed by atoms with E-state index in [-0.39, 0.29) is 0 Å². The average Bonchev–Trinajstić information content (AvgIpc) is 2.90. The van der Waals surface area contributed by atoms with E-state index in [0.29, 0.717) is 11.5 Å². The van der Waals surface area contributed by atoms with Gasteiger partial charge >= 0.3 is 6.09 Å². The fraction of sp³-hybridized carbons (Fsp3) is 0.250. The van der Waals surface area contributed by atoms with Crippen molar-refractivity contribution in [3.63, 3.8) is 0 Å². The van der Waals surface area contributed by atoms with Gasteiger partial charge in [-0.2, -0.15) is 5.10 Å². The molecular weight excluding hydrogens is 342 g/mol. The van der Waals surface area contributed by atoms with Gasteiger partial charge < -0.3 is 10.1 Å². The molecule has 1 aromatic carbocycles. The Labute approximate surface area is 157 Å². The topological polar surface area (TPSA) is 80.5 Å². The van der Waals surface area contributed by atoms with Crippen LogP contribution in [-0.2, 0) is 4.74 Å². The first-order valence-corrected chi connectivity index (χ1v) is 8.43. The van der Waals surface area contributed by atoms with Gasteiger partial charge in [-0.3, -0.25) is 5.32 Å². The van der Waals surface area contributed by atoms with Crippen LogP contribution in [0.2, 0.25) is 0 Å². The molecule has 2 aromatic heterocycles. The van der Waals surface area contributed by atoms with Gasteiger partial charge in [-0.25, -0.2) is 14.3 Å². The highest BCUT2D eigenvalue weighted by atomic mass is 16.6. The number of amides is 1. The number of terminal acetylenes is 1. The maximum atomic E-state index is 12.1. The van der Waals surface area contributed by atoms with Crippen LogP contribution in [0.25, 0.3) is 5.52 Å². The van der Waals surface area contributed by atoms with Crippen LogP contribution >= 0.6 is 0 Å². The highest BCUT2D eigenvalue weighted by molar-refractivity contribution is 5.90. The Morgan fingerprint density at radius 3 is 2.81 bits per heavy atom. The molecule has 3 aromatic rings. The summed E-state index contributed by atoms with van der Waals surface area (Å²) in [7, 11) is 0. The molecule has 138 valence electrons. The van der Waals surface area contributed by atoms with Crippen LogP contribution in [0.3, 0.4) is 0 Å². The van der Waals surface area contributed by atoms with Crippen molar-refractivity contribution in [3.05, 3.63) is 47.9 Å². The molecule has 0 fully saturated rings. The fourth-order valence-electron chi connectivity index (χ4n) is 2.62. The number of anilines is 3. The summed E-state index contributed by atoms with van der Waals surface area (Å²) in [6.45, 7) is 7.32. The SMILES string of the molecule is C#Cc1cccc(Nc2ncnn3cc(NC(=O)OC(C)(C)C)c(C)c23)c1. The van der Waals surface area contributed by atoms with Crippen LogP contribution < -0.4 is 10.6 Å². The second-order valence-electron chi connectivity index (χ2n) is 7.05. The Balaban J connectivity index is 1.93. The number of benzene rings is 1. The smallest absolute Gasteiger partial charge is 0.412 e. The number of nitrogens with zero attached hydrogens (tertiary/aromatic N) is 3. The number of aromatic nitrogens is 3. The van der Waals surface area contributed by atoms with E-state index in [1.807, 2.05) is 52.0 Å². The largest absolute Gasteiger partial charge is 0.444 e. The molecule has 0 aliphatic carbocycles. The van der Waals surface area contributed by atoms with E-state index < -0.39 is 11.7 Å². The summed E-state index contributed by atoms with van der Waals surface area (Å²) in [4.78, 5) is 16.4. The molecule has 3 rings (SSSR count). The summed E-state index contributed by atoms with van der Waals surface area (Å²) in [6.07, 6.45) is 8.10. The van der Waals surface area contributed by atoms with E-state index in [9.17, 15) is 4.79 Å². The Hall–Kier alpha value is -3.53. The van der Waals surface area contributed by atoms with Gasteiger partial charge in [0.2, 0.25) is 0 Å². The highest BCUT2D eigenvalue weighted by Gasteiger charge is 2.19. The lowest BCUT2D eigenvalue weighted by molar-refractivity contribution is 0.0636. The molecule has 0 aliphatic heterocycles. The number of rotatable bonds is 3. The van der Waals surface area contributed by atoms with Gasteiger partial charge in [-0.1, -0.05) is 12.0 Å². The summed E-state index contributed by atoms with van der Waals surface area (Å²) in [5.74, 6) is 3.21. The number of hydrogen-bond donors (Lipinski definition) is 2. The van der Waals surface area contributed by atoms with Crippen molar-refractivity contribution in [3.8, 4) is 12.3 Å². The number of carbonyl (C=O) groups is 1. The first kappa shape index (κ1) is 18.3. The molecule has 0 aliphatic rings. The van der Waals surface area contributed by atoms with Crippen LogP contribution in [0.1, 0.15) is 31.9 Å². The van der Waals surface area contributed by atoms with E-state index in [0.717, 1.165) is 22.3 Å². The van der Waals surface area contributed by atoms with Crippen LogP contribution in [0, 0.1) is 19.3 Å². The Morgan fingerprint density at radius 2 is 2.11 bits per heavy atom. The quantitative estimate of drug-likeness (QED) is 0.685. The van der Waals surface area contributed by atoms with Gasteiger partial charge in [0.1, 0.15) is 17.4 Å². The van der Waals surface area contributed by atoms with Gasteiger partial charge in [0, 0.05) is 16.8 Å². The zero-order valence-corrected chi connectivity index (χ0v) is 15.7. The normalized spacial score (nSPS) is 11.1. The maximum Gasteiger partial charge on any atom is 0.412 e. The average molecular weight is 363 g/mol. The first-order valence-electron chi connectivity index (χ1n) is 8.43. The van der Waals surface area contributed by atoms with Crippen LogP contribution in [0.15, 0.2) is 36.8 Å². The molecule has 0 bridgehead atoms. The van der Waals surface area contributed by atoms with Gasteiger partial charge in [0.05, 0.1) is 11.9 Å². The molecule has 0 radical (unpaired) electrons. The predicted molar refractivity (Wildman–Crippen MR) is 105 cm³/mol. The number of hydrogen-bond acceptors (Lipinski definition) is 5. The molecule has 7 nitrogen and oxygen atoms in total. The van der Waals surface area contributed by atoms with E-state index in [1.165, 1.54) is 6.33 Å². The lowest BCUT2D eigenvalue weighted by Crippen LogP contribution is -2.27. The molecule has 0 saturated carbocycles. The van der Waals surface area contributed by atoms with Gasteiger partial charge in [0.25, 0.3) is 0 Å². The van der Waals surface area contributed by atoms with Crippen molar-refractivity contribution < 1.29 is 9.53 Å². The van der Waals surface area contributed by atoms with E-state index in [1.54, 1.807) is 10.7 Å². The molecule has 0 atom stereocenters. The van der Waals surface area contributed by atoms with Gasteiger partial charge in [0.15, 0.2) is 5.82 Å². The first-order chi connectivity index (χ1) is 12.8. The van der Waals surface area contributed by atoms with Crippen molar-refractivity contribution in [1.82, 2.24) is 14.6 Å². The van der Waals surface area contributed by atoms with Crippen molar-refractivity contribution in [1.29, 1.82) is 0 Å². The number of aryl methyl sites for hydroxylation is 1. The zero-order chi connectivity index (χ0) is 19.6. The fourth-order valence-corrected chi connectivity index (χ4v) is 2.62. The van der Waals surface area contributed by atoms with Crippen LogP contribution in [0.4, 0.5) is 22.0 Å². The Kier molecular flexibility index (Phi) is 4.74. The summed E-state index contributed by atoms with van der Waals surface area (Å²) in [6, 6.07) is 7.48. The third-order valence-electron chi connectivity index (χ3n) is 3.75. The third-order valence-corrected chi connectivity index (χ3v) is 3.75. The number of fused-ring (bicyclic) bond motifs is 1. The molecule has 0 unspecified atom stereocenters. The summed E-state index contributed by atoms with van der Waals surface area (Å²) < 4.78 is 6.97. The summed E-state index contributed by atoms with van der Waals surface area (Å²) in [5.41, 5.74) is 3.17. The van der Waals surface area contributed by atoms with E-state index >= 15 is 0 Å². The maximum absolute atomic E-state index is 12.1. The summed E-state index contributed by atoms with van der Waals surface area (Å²) in [5, 5.41) is 10.2. The van der Waals surface area contributed by atoms with Crippen molar-refractivity contribution in [2.24, 2.45) is 0 Å². The lowest BCUT2D eigenvalue weighted by atomic mass is 10.2. The molecule has 27 heavy (non-hydrogen) atoms. The second kappa shape index (κ2) is 7.00. The van der Waals surface area contributed by atoms with Crippen molar-refractivity contribution in [2.75, 3.05) is 10.6 Å². The molecule has 1 amide bonds. The van der Waals surface area contributed by atoms with Crippen molar-refractivity contribution >= 4 is 28.8 Å². The number of nitrogens with one attached hydrogen (secondary N) is 2. The number of ether oxygens (including phenoxy) is 1. The van der Waals surface area contributed by atoms with Gasteiger partial charge in [-0.15, -0.1) is 6.42 Å². The highest BCUT2D eigenvalue weighted by Crippen LogP contribution is 2.28. The number of carbonyl (C=O) groups excluding carboxylic acids is 1. The molecule has 0 spiro atoms. The minimum atomic E-state index is -0.578.